The van der Waals surface area contributed by atoms with Gasteiger partial charge in [0.1, 0.15) is 30.8 Å². The second-order valence-corrected chi connectivity index (χ2v) is 18.3. The zero-order chi connectivity index (χ0) is 44.4. The molecule has 1 aromatic carbocycles. The quantitative estimate of drug-likeness (QED) is 0.0458. The SMILES string of the molecule is CC(C)(C#N)c1cc(Cn2cncn2)cc(C(C)(C)C#N)c1.CN(C)c1nc(N(C)C)nc(N(C)C)n1.NCCCNCCSP(=O)(O)O.On1cnc2cncnc21.[AsH3]. The van der Waals surface area contributed by atoms with Crippen molar-refractivity contribution in [3.05, 3.63) is 66.4 Å². The molecule has 1 unspecified atom stereocenters. The van der Waals surface area contributed by atoms with Crippen molar-refractivity contribution in [2.24, 2.45) is 5.73 Å². The summed E-state index contributed by atoms with van der Waals surface area (Å²) in [5.74, 6) is 2.42. The van der Waals surface area contributed by atoms with Crippen molar-refractivity contribution in [3.8, 4) is 12.1 Å². The van der Waals surface area contributed by atoms with Crippen molar-refractivity contribution < 1.29 is 19.6 Å². The minimum absolute atomic E-state index is 0. The number of imidazole rings is 1. The molecular weight excluding hydrogens is 872 g/mol. The van der Waals surface area contributed by atoms with E-state index in [2.05, 4.69) is 57.4 Å². The molecule has 4 heterocycles. The molecule has 6 N–H and O–H groups in total. The number of aromatic nitrogens is 10. The Morgan fingerprint density at radius 2 is 1.37 bits per heavy atom. The summed E-state index contributed by atoms with van der Waals surface area (Å²) < 4.78 is 12.9. The molecule has 0 aliphatic rings. The van der Waals surface area contributed by atoms with E-state index in [4.69, 9.17) is 20.7 Å². The van der Waals surface area contributed by atoms with Crippen LogP contribution in [-0.2, 0) is 21.9 Å². The first-order valence-electron chi connectivity index (χ1n) is 18.1. The summed E-state index contributed by atoms with van der Waals surface area (Å²) in [4.78, 5) is 50.7. The van der Waals surface area contributed by atoms with Crippen LogP contribution in [0.5, 0.6) is 0 Å². The molecule has 0 saturated carbocycles. The van der Waals surface area contributed by atoms with Crippen molar-refractivity contribution >= 4 is 65.1 Å². The number of nitrogens with one attached hydrogen (secondary N) is 1. The molecule has 0 fully saturated rings. The van der Waals surface area contributed by atoms with Gasteiger partial charge in [0, 0.05) is 54.6 Å². The molecule has 5 aromatic rings. The Hall–Kier alpha value is -4.92. The van der Waals surface area contributed by atoms with Crippen LogP contribution in [0.25, 0.3) is 11.2 Å². The van der Waals surface area contributed by atoms with Gasteiger partial charge in [-0.2, -0.15) is 35.3 Å². The van der Waals surface area contributed by atoms with Crippen LogP contribution >= 0.6 is 18.2 Å². The van der Waals surface area contributed by atoms with Gasteiger partial charge in [0.15, 0.2) is 5.65 Å². The fourth-order valence-electron chi connectivity index (χ4n) is 4.42. The van der Waals surface area contributed by atoms with Gasteiger partial charge in [-0.1, -0.05) is 18.2 Å². The average molecular weight is 932 g/mol. The number of fused-ring (bicyclic) bond motifs is 1. The predicted molar refractivity (Wildman–Crippen MR) is 239 cm³/mol. The Kier molecular flexibility index (Phi) is 22.1. The van der Waals surface area contributed by atoms with E-state index < -0.39 is 17.6 Å². The van der Waals surface area contributed by atoms with E-state index in [-0.39, 0.29) is 18.0 Å². The van der Waals surface area contributed by atoms with Crippen LogP contribution < -0.4 is 25.8 Å². The molecule has 1 atom stereocenters. The first-order valence-corrected chi connectivity index (χ1v) is 21.4. The van der Waals surface area contributed by atoms with Crippen LogP contribution in [0.1, 0.15) is 50.8 Å². The standard InChI is InChI=1S/C17H19N5.C9H18N6.C5H4N4O.C5H15N2O3PS.AsH3/c1-16(2,9-18)14-5-13(8-22-12-20-11-21-22)6-15(7-14)17(3,4)10-19;1-13(2)7-10-8(14(3)4)12-9(11-7)15(5)6;10-9-3-8-4-1-6-2-7-5(4)9;6-2-1-3-7-4-5-12-11(8,9)10;/h5-7,11-12H,8H2,1-4H3;1-6H3;1-3,10H;7H,1-6H2,(H2,8,9,10);1H3. The van der Waals surface area contributed by atoms with Gasteiger partial charge in [0.2, 0.25) is 17.8 Å². The van der Waals surface area contributed by atoms with Crippen LogP contribution in [0.2, 0.25) is 0 Å². The fourth-order valence-corrected chi connectivity index (χ4v) is 5.88. The third-order valence-corrected chi connectivity index (χ3v) is 10.2. The predicted octanol–water partition coefficient (Wildman–Crippen LogP) is 1.63. The van der Waals surface area contributed by atoms with Gasteiger partial charge < -0.3 is 40.7 Å². The van der Waals surface area contributed by atoms with Crippen molar-refractivity contribution in [3.63, 3.8) is 0 Å². The zero-order valence-corrected chi connectivity index (χ0v) is 40.6. The number of benzene rings is 1. The molecule has 0 spiro atoms. The van der Waals surface area contributed by atoms with Gasteiger partial charge in [-0.15, -0.1) is 0 Å². The van der Waals surface area contributed by atoms with Crippen molar-refractivity contribution in [1.29, 1.82) is 10.5 Å². The Morgan fingerprint density at radius 3 is 1.78 bits per heavy atom. The van der Waals surface area contributed by atoms with E-state index in [1.165, 1.54) is 25.2 Å². The molecule has 0 bridgehead atoms. The number of anilines is 3. The summed E-state index contributed by atoms with van der Waals surface area (Å²) in [6.45, 7) is 6.26. The molecule has 0 saturated heterocycles. The van der Waals surface area contributed by atoms with Gasteiger partial charge in [-0.05, 0) is 75.3 Å². The number of nitrogens with zero attached hydrogens (tertiary/aromatic N) is 15. The van der Waals surface area contributed by atoms with E-state index >= 15 is 0 Å². The maximum absolute atomic E-state index is 10.3. The second kappa shape index (κ2) is 25.0. The van der Waals surface area contributed by atoms with Gasteiger partial charge >= 0.3 is 24.8 Å². The van der Waals surface area contributed by atoms with Gasteiger partial charge in [-0.3, -0.25) is 0 Å². The number of hydrogen-bond donors (Lipinski definition) is 5. The summed E-state index contributed by atoms with van der Waals surface area (Å²) in [5, 5.41) is 34.9. The summed E-state index contributed by atoms with van der Waals surface area (Å²) in [7, 11) is 11.5. The van der Waals surface area contributed by atoms with Crippen molar-refractivity contribution in [1.82, 2.24) is 54.7 Å². The monoisotopic (exact) mass is 931 g/mol. The molecule has 24 heteroatoms. The molecule has 4 aromatic heterocycles. The number of nitriles is 2. The normalized spacial score (nSPS) is 10.9. The molecule has 0 amide bonds. The zero-order valence-electron chi connectivity index (χ0n) is 36.0. The summed E-state index contributed by atoms with van der Waals surface area (Å²) in [6, 6.07) is 10.6. The number of nitrogens with two attached hydrogens (primary N) is 1. The first kappa shape index (κ1) is 53.1. The molecule has 0 radical (unpaired) electrons. The van der Waals surface area contributed by atoms with E-state index in [1.807, 2.05) is 103 Å². The Bertz CT molecular complexity index is 2060. The van der Waals surface area contributed by atoms with Crippen molar-refractivity contribution in [2.45, 2.75) is 51.5 Å². The van der Waals surface area contributed by atoms with Gasteiger partial charge in [0.25, 0.3) is 0 Å². The summed E-state index contributed by atoms with van der Waals surface area (Å²) in [6.07, 6.45) is 8.20. The van der Waals surface area contributed by atoms with E-state index in [1.54, 1.807) is 11.0 Å². The molecular formula is C36H59AsN17O4PS. The number of hydrogen-bond acceptors (Lipinski definition) is 18. The third kappa shape index (κ3) is 18.1. The van der Waals surface area contributed by atoms with Crippen LogP contribution in [-0.4, -0.2) is 150 Å². The molecule has 0 aliphatic carbocycles. The van der Waals surface area contributed by atoms with Crippen LogP contribution in [0.3, 0.4) is 0 Å². The Balaban J connectivity index is 0.000000416. The first-order chi connectivity index (χ1) is 27.6. The van der Waals surface area contributed by atoms with Crippen LogP contribution in [0.15, 0.2) is 49.7 Å². The topological polar surface area (TPSA) is 286 Å². The second-order valence-electron chi connectivity index (χ2n) is 14.4. The van der Waals surface area contributed by atoms with Crippen molar-refractivity contribution in [2.75, 3.05) is 82.4 Å². The van der Waals surface area contributed by atoms with Gasteiger partial charge in [0.05, 0.1) is 35.7 Å². The van der Waals surface area contributed by atoms with Crippen LogP contribution in [0, 0.1) is 22.7 Å². The van der Waals surface area contributed by atoms with E-state index in [0.717, 1.165) is 34.4 Å². The molecule has 328 valence electrons. The Morgan fingerprint density at radius 1 is 0.833 bits per heavy atom. The minimum atomic E-state index is -3.87. The summed E-state index contributed by atoms with van der Waals surface area (Å²) in [5.41, 5.74) is 7.85. The maximum atomic E-state index is 10.3. The molecule has 21 nitrogen and oxygen atoms in total. The Labute approximate surface area is 366 Å². The molecule has 60 heavy (non-hydrogen) atoms. The number of rotatable bonds is 14. The summed E-state index contributed by atoms with van der Waals surface area (Å²) >= 11 is 0.665. The van der Waals surface area contributed by atoms with E-state index in [9.17, 15) is 15.1 Å². The average Bonchev–Trinajstić information content (AvgIpc) is 3.85. The van der Waals surface area contributed by atoms with Crippen LogP contribution in [0.4, 0.5) is 17.8 Å². The molecule has 0 aliphatic heterocycles. The van der Waals surface area contributed by atoms with Gasteiger partial charge in [-0.25, -0.2) is 29.2 Å². The molecule has 5 rings (SSSR count). The van der Waals surface area contributed by atoms with E-state index in [0.29, 0.717) is 65.8 Å². The fraction of sp³-hybridized carbons (Fsp3) is 0.500. The third-order valence-electron chi connectivity index (χ3n) is 7.90.